The van der Waals surface area contributed by atoms with Crippen molar-refractivity contribution in [3.8, 4) is 0 Å². The molecule has 30 heavy (non-hydrogen) atoms. The molecule has 0 saturated heterocycles. The van der Waals surface area contributed by atoms with Crippen LogP contribution >= 0.6 is 0 Å². The third-order valence-electron chi connectivity index (χ3n) is 4.85. The summed E-state index contributed by atoms with van der Waals surface area (Å²) in [5.74, 6) is -1.39. The van der Waals surface area contributed by atoms with Gasteiger partial charge in [-0.1, -0.05) is 12.1 Å². The first-order valence-electron chi connectivity index (χ1n) is 8.28. The summed E-state index contributed by atoms with van der Waals surface area (Å²) in [4.78, 5) is 1.36. The van der Waals surface area contributed by atoms with Crippen LogP contribution in [0.25, 0.3) is 0 Å². The van der Waals surface area contributed by atoms with E-state index in [1.165, 1.54) is 23.1 Å². The molecule has 12 heteroatoms. The molecule has 164 valence electrons. The van der Waals surface area contributed by atoms with Crippen LogP contribution in [0.1, 0.15) is 16.7 Å². The molecular formula is C18H14F7NO3S. The third-order valence-corrected chi connectivity index (χ3v) is 5.97. The second-order valence-electron chi connectivity index (χ2n) is 6.93. The zero-order valence-corrected chi connectivity index (χ0v) is 16.0. The van der Waals surface area contributed by atoms with E-state index in [1.807, 2.05) is 0 Å². The van der Waals surface area contributed by atoms with Gasteiger partial charge in [0.25, 0.3) is 5.60 Å². The number of rotatable bonds is 3. The Morgan fingerprint density at radius 2 is 1.47 bits per heavy atom. The number of hydrogen-bond donors (Lipinski definition) is 1. The van der Waals surface area contributed by atoms with Crippen LogP contribution in [0.2, 0.25) is 0 Å². The molecule has 1 N–H and O–H groups in total. The maximum atomic E-state index is 14.5. The molecule has 0 bridgehead atoms. The largest absolute Gasteiger partial charge is 0.430 e. The van der Waals surface area contributed by atoms with E-state index in [2.05, 4.69) is 0 Å². The molecule has 0 saturated carbocycles. The second kappa shape index (κ2) is 6.84. The number of halogens is 7. The lowest BCUT2D eigenvalue weighted by Crippen LogP contribution is -2.54. The van der Waals surface area contributed by atoms with Gasteiger partial charge >= 0.3 is 12.4 Å². The molecule has 2 aromatic carbocycles. The van der Waals surface area contributed by atoms with Crippen molar-refractivity contribution in [3.05, 3.63) is 58.9 Å². The van der Waals surface area contributed by atoms with Gasteiger partial charge in [-0.3, -0.25) is 0 Å². The molecule has 0 unspecified atom stereocenters. The van der Waals surface area contributed by atoms with E-state index in [9.17, 15) is 44.3 Å². The van der Waals surface area contributed by atoms with Gasteiger partial charge in [0.15, 0.2) is 9.84 Å². The Morgan fingerprint density at radius 1 is 0.900 bits per heavy atom. The Kier molecular flexibility index (Phi) is 5.10. The van der Waals surface area contributed by atoms with E-state index in [-0.39, 0.29) is 29.7 Å². The van der Waals surface area contributed by atoms with E-state index in [0.29, 0.717) is 17.2 Å². The third kappa shape index (κ3) is 3.62. The molecule has 2 aromatic rings. The summed E-state index contributed by atoms with van der Waals surface area (Å²) in [5.41, 5.74) is -6.05. The van der Waals surface area contributed by atoms with Crippen molar-refractivity contribution in [2.45, 2.75) is 35.9 Å². The van der Waals surface area contributed by atoms with Crippen LogP contribution in [0.4, 0.5) is 36.4 Å². The monoisotopic (exact) mass is 457 g/mol. The zero-order chi connectivity index (χ0) is 22.7. The molecule has 4 nitrogen and oxygen atoms in total. The van der Waals surface area contributed by atoms with Crippen molar-refractivity contribution in [1.82, 2.24) is 0 Å². The standard InChI is InChI=1S/C18H14F7NO3S/c1-30(28,29)13-4-2-10-8-26(9-11(10)6-13)15-5-3-12(7-14(15)19)16(27,17(20,21)22)18(23,24)25/h2-7,27H,8-9H2,1H3. The zero-order valence-electron chi connectivity index (χ0n) is 15.1. The van der Waals surface area contributed by atoms with Gasteiger partial charge in [0.2, 0.25) is 0 Å². The van der Waals surface area contributed by atoms with Gasteiger partial charge in [0, 0.05) is 24.9 Å². The highest BCUT2D eigenvalue weighted by Crippen LogP contribution is 2.50. The molecule has 0 radical (unpaired) electrons. The summed E-state index contributed by atoms with van der Waals surface area (Å²) in [6.07, 6.45) is -11.2. The van der Waals surface area contributed by atoms with Crippen molar-refractivity contribution in [2.24, 2.45) is 0 Å². The second-order valence-corrected chi connectivity index (χ2v) is 8.95. The highest BCUT2D eigenvalue weighted by molar-refractivity contribution is 7.90. The Morgan fingerprint density at radius 3 is 1.97 bits per heavy atom. The highest BCUT2D eigenvalue weighted by Gasteiger charge is 2.71. The quantitative estimate of drug-likeness (QED) is 0.707. The first-order chi connectivity index (χ1) is 13.6. The van der Waals surface area contributed by atoms with Gasteiger partial charge in [-0.2, -0.15) is 26.3 Å². The SMILES string of the molecule is CS(=O)(=O)c1ccc2c(c1)CN(c1ccc(C(O)(C(F)(F)F)C(F)(F)F)cc1F)C2. The highest BCUT2D eigenvalue weighted by atomic mass is 32.2. The number of anilines is 1. The Bertz CT molecular complexity index is 1080. The fourth-order valence-electron chi connectivity index (χ4n) is 3.25. The summed E-state index contributed by atoms with van der Waals surface area (Å²) in [6, 6.07) is 5.32. The predicted molar refractivity (Wildman–Crippen MR) is 91.8 cm³/mol. The fourth-order valence-corrected chi connectivity index (χ4v) is 3.92. The molecule has 0 aliphatic carbocycles. The van der Waals surface area contributed by atoms with Crippen molar-refractivity contribution < 1.29 is 44.3 Å². The minimum atomic E-state index is -6.12. The molecular weight excluding hydrogens is 443 g/mol. The number of nitrogens with zero attached hydrogens (tertiary/aromatic N) is 1. The predicted octanol–water partition coefficient (Wildman–Crippen LogP) is 4.06. The first-order valence-corrected chi connectivity index (χ1v) is 10.2. The number of hydrogen-bond acceptors (Lipinski definition) is 4. The van der Waals surface area contributed by atoms with Gasteiger partial charge < -0.3 is 10.0 Å². The number of fused-ring (bicyclic) bond motifs is 1. The molecule has 0 amide bonds. The maximum Gasteiger partial charge on any atom is 0.430 e. The average molecular weight is 457 g/mol. The van der Waals surface area contributed by atoms with Crippen molar-refractivity contribution in [1.29, 1.82) is 0 Å². The van der Waals surface area contributed by atoms with E-state index in [0.717, 1.165) is 12.3 Å². The first kappa shape index (κ1) is 22.3. The molecule has 0 atom stereocenters. The number of benzene rings is 2. The van der Waals surface area contributed by atoms with Crippen molar-refractivity contribution in [2.75, 3.05) is 11.2 Å². The molecule has 0 aromatic heterocycles. The molecule has 3 rings (SSSR count). The lowest BCUT2D eigenvalue weighted by Gasteiger charge is -2.33. The van der Waals surface area contributed by atoms with E-state index < -0.39 is 39.2 Å². The van der Waals surface area contributed by atoms with Gasteiger partial charge in [0.1, 0.15) is 5.82 Å². The van der Waals surface area contributed by atoms with Crippen molar-refractivity contribution >= 4 is 15.5 Å². The minimum Gasteiger partial charge on any atom is -0.369 e. The summed E-state index contributed by atoms with van der Waals surface area (Å²) < 4.78 is 116. The number of sulfone groups is 1. The lowest BCUT2D eigenvalue weighted by molar-refractivity contribution is -0.376. The van der Waals surface area contributed by atoms with Crippen LogP contribution in [0.5, 0.6) is 0 Å². The Balaban J connectivity index is 1.97. The fraction of sp³-hybridized carbons (Fsp3) is 0.333. The number of aliphatic hydroxyl groups is 1. The van der Waals surface area contributed by atoms with Gasteiger partial charge in [-0.15, -0.1) is 0 Å². The van der Waals surface area contributed by atoms with Gasteiger partial charge in [0.05, 0.1) is 10.6 Å². The normalized spacial score (nSPS) is 15.4. The van der Waals surface area contributed by atoms with Gasteiger partial charge in [-0.05, 0) is 35.4 Å². The molecule has 1 heterocycles. The van der Waals surface area contributed by atoms with Crippen LogP contribution in [0, 0.1) is 5.82 Å². The smallest absolute Gasteiger partial charge is 0.369 e. The average Bonchev–Trinajstić information content (AvgIpc) is 3.00. The van der Waals surface area contributed by atoms with Crippen LogP contribution in [-0.2, 0) is 28.5 Å². The topological polar surface area (TPSA) is 57.6 Å². The Hall–Kier alpha value is -2.34. The molecule has 0 spiro atoms. The van der Waals surface area contributed by atoms with Crippen LogP contribution in [0.3, 0.4) is 0 Å². The summed E-state index contributed by atoms with van der Waals surface area (Å²) in [5, 5.41) is 9.40. The lowest BCUT2D eigenvalue weighted by atomic mass is 9.92. The molecule has 1 aliphatic rings. The Labute approximate surface area is 166 Å². The maximum absolute atomic E-state index is 14.5. The summed E-state index contributed by atoms with van der Waals surface area (Å²) in [7, 11) is -3.50. The molecule has 0 fully saturated rings. The summed E-state index contributed by atoms with van der Waals surface area (Å²) in [6.45, 7) is 0.0657. The van der Waals surface area contributed by atoms with Crippen LogP contribution < -0.4 is 4.90 Å². The van der Waals surface area contributed by atoms with E-state index >= 15 is 0 Å². The summed E-state index contributed by atoms with van der Waals surface area (Å²) >= 11 is 0. The van der Waals surface area contributed by atoms with Crippen molar-refractivity contribution in [3.63, 3.8) is 0 Å². The van der Waals surface area contributed by atoms with Crippen LogP contribution in [0.15, 0.2) is 41.3 Å². The number of alkyl halides is 6. The van der Waals surface area contributed by atoms with Crippen LogP contribution in [-0.4, -0.2) is 32.1 Å². The van der Waals surface area contributed by atoms with E-state index in [1.54, 1.807) is 0 Å². The van der Waals surface area contributed by atoms with E-state index in [4.69, 9.17) is 0 Å². The van der Waals surface area contributed by atoms with Gasteiger partial charge in [-0.25, -0.2) is 12.8 Å². The molecule has 1 aliphatic heterocycles. The minimum absolute atomic E-state index is 0.00122.